The van der Waals surface area contributed by atoms with E-state index in [1.807, 2.05) is 46.0 Å². The normalized spacial score (nSPS) is 16.7. The van der Waals surface area contributed by atoms with E-state index in [4.69, 9.17) is 9.47 Å². The van der Waals surface area contributed by atoms with Crippen LogP contribution in [0.2, 0.25) is 0 Å². The number of carbonyl (C=O) groups is 1. The molecule has 2 aromatic rings. The molecule has 1 saturated heterocycles. The van der Waals surface area contributed by atoms with Crippen molar-refractivity contribution in [2.75, 3.05) is 24.6 Å². The summed E-state index contributed by atoms with van der Waals surface area (Å²) in [4.78, 5) is 24.1. The van der Waals surface area contributed by atoms with Gasteiger partial charge in [0.15, 0.2) is 6.10 Å². The van der Waals surface area contributed by atoms with Crippen molar-refractivity contribution in [3.05, 3.63) is 35.8 Å². The van der Waals surface area contributed by atoms with Crippen LogP contribution in [0.25, 0.3) is 11.3 Å². The summed E-state index contributed by atoms with van der Waals surface area (Å²) in [5.74, 6) is -0.295. The van der Waals surface area contributed by atoms with Crippen LogP contribution in [0.5, 0.6) is 5.75 Å². The van der Waals surface area contributed by atoms with E-state index in [-0.39, 0.29) is 5.41 Å². The summed E-state index contributed by atoms with van der Waals surface area (Å²) in [7, 11) is 0. The maximum Gasteiger partial charge on any atom is 0.337 e. The number of hydrogen-bond acceptors (Lipinski definition) is 6. The van der Waals surface area contributed by atoms with Gasteiger partial charge in [0.05, 0.1) is 29.8 Å². The molecular weight excluding hydrogens is 442 g/mol. The molecule has 1 atom stereocenters. The van der Waals surface area contributed by atoms with Crippen LogP contribution in [0.4, 0.5) is 5.69 Å². The predicted molar refractivity (Wildman–Crippen MR) is 139 cm³/mol. The molecule has 0 spiro atoms. The largest absolute Gasteiger partial charge is 0.492 e. The number of carboxylic acids is 1. The Morgan fingerprint density at radius 1 is 1.17 bits per heavy atom. The number of unbranched alkanes of at least 4 members (excludes halogenated alkanes) is 1. The molecule has 1 aliphatic heterocycles. The van der Waals surface area contributed by atoms with E-state index in [0.29, 0.717) is 17.9 Å². The second kappa shape index (κ2) is 10.9. The summed E-state index contributed by atoms with van der Waals surface area (Å²) in [6.45, 7) is 16.5. The summed E-state index contributed by atoms with van der Waals surface area (Å²) in [5, 5.41) is 10.2. The minimum absolute atomic E-state index is 0.253. The van der Waals surface area contributed by atoms with Gasteiger partial charge in [0.25, 0.3) is 0 Å². The molecule has 3 rings (SSSR count). The summed E-state index contributed by atoms with van der Waals surface area (Å²) >= 11 is 0. The fourth-order valence-corrected chi connectivity index (χ4v) is 4.33. The fraction of sp³-hybridized carbons (Fsp3) is 0.607. The van der Waals surface area contributed by atoms with Gasteiger partial charge < -0.3 is 19.5 Å². The van der Waals surface area contributed by atoms with Crippen LogP contribution in [-0.2, 0) is 9.53 Å². The van der Waals surface area contributed by atoms with Crippen molar-refractivity contribution in [3.63, 3.8) is 0 Å². The zero-order valence-corrected chi connectivity index (χ0v) is 22.4. The molecule has 1 unspecified atom stereocenters. The van der Waals surface area contributed by atoms with Gasteiger partial charge in [-0.1, -0.05) is 27.2 Å². The van der Waals surface area contributed by atoms with E-state index in [9.17, 15) is 9.90 Å². The van der Waals surface area contributed by atoms with Crippen LogP contribution >= 0.6 is 0 Å². The van der Waals surface area contributed by atoms with E-state index in [1.54, 1.807) is 6.20 Å². The number of hydrogen-bond donors (Lipinski definition) is 1. The van der Waals surface area contributed by atoms with Gasteiger partial charge in [-0.15, -0.1) is 0 Å². The molecule has 192 valence electrons. The van der Waals surface area contributed by atoms with E-state index < -0.39 is 17.7 Å². The topological polar surface area (TPSA) is 84.8 Å². The van der Waals surface area contributed by atoms with Crippen LogP contribution in [0, 0.1) is 12.3 Å². The minimum Gasteiger partial charge on any atom is -0.492 e. The summed E-state index contributed by atoms with van der Waals surface area (Å²) in [5.41, 5.74) is 3.29. The highest BCUT2D eigenvalue weighted by Crippen LogP contribution is 2.43. The van der Waals surface area contributed by atoms with E-state index in [0.717, 1.165) is 61.5 Å². The Kier molecular flexibility index (Phi) is 8.42. The molecule has 7 nitrogen and oxygen atoms in total. The maximum absolute atomic E-state index is 12.5. The molecule has 1 fully saturated rings. The molecule has 3 heterocycles. The quantitative estimate of drug-likeness (QED) is 0.425. The summed E-state index contributed by atoms with van der Waals surface area (Å²) in [6, 6.07) is 3.84. The lowest BCUT2D eigenvalue weighted by Crippen LogP contribution is -2.39. The van der Waals surface area contributed by atoms with Gasteiger partial charge in [-0.25, -0.2) is 4.79 Å². The van der Waals surface area contributed by atoms with Gasteiger partial charge in [0, 0.05) is 36.1 Å². The first-order valence-electron chi connectivity index (χ1n) is 12.7. The minimum atomic E-state index is -1.14. The first kappa shape index (κ1) is 26.9. The zero-order chi connectivity index (χ0) is 25.8. The third-order valence-electron chi connectivity index (χ3n) is 6.46. The number of pyridine rings is 2. The predicted octanol–water partition coefficient (Wildman–Crippen LogP) is 6.20. The number of aliphatic carboxylic acids is 1. The fourth-order valence-electron chi connectivity index (χ4n) is 4.33. The Morgan fingerprint density at radius 3 is 2.40 bits per heavy atom. The Hall–Kier alpha value is -2.67. The number of aryl methyl sites for hydroxylation is 1. The van der Waals surface area contributed by atoms with Gasteiger partial charge in [-0.3, -0.25) is 9.97 Å². The Balaban J connectivity index is 2.12. The summed E-state index contributed by atoms with van der Waals surface area (Å²) in [6.07, 6.45) is 6.50. The average molecular weight is 484 g/mol. The van der Waals surface area contributed by atoms with Crippen molar-refractivity contribution >= 4 is 11.7 Å². The third-order valence-corrected chi connectivity index (χ3v) is 6.46. The van der Waals surface area contributed by atoms with Crippen LogP contribution in [0.3, 0.4) is 0 Å². The van der Waals surface area contributed by atoms with Crippen molar-refractivity contribution in [2.24, 2.45) is 5.41 Å². The second-order valence-corrected chi connectivity index (χ2v) is 11.2. The molecule has 1 N–H and O–H groups in total. The first-order chi connectivity index (χ1) is 16.4. The number of ether oxygens (including phenoxy) is 2. The Labute approximate surface area is 209 Å². The monoisotopic (exact) mass is 483 g/mol. The third kappa shape index (κ3) is 6.94. The van der Waals surface area contributed by atoms with Crippen LogP contribution in [0.1, 0.15) is 84.6 Å². The van der Waals surface area contributed by atoms with Gasteiger partial charge in [0.2, 0.25) is 0 Å². The van der Waals surface area contributed by atoms with Crippen LogP contribution < -0.4 is 9.64 Å². The van der Waals surface area contributed by atoms with Crippen molar-refractivity contribution in [1.29, 1.82) is 0 Å². The van der Waals surface area contributed by atoms with Crippen LogP contribution in [-0.4, -0.2) is 46.3 Å². The number of piperidine rings is 1. The van der Waals surface area contributed by atoms with Gasteiger partial charge in [-0.05, 0) is 64.5 Å². The molecule has 0 aliphatic carbocycles. The molecule has 0 radical (unpaired) electrons. The van der Waals surface area contributed by atoms with Crippen molar-refractivity contribution in [2.45, 2.75) is 85.9 Å². The smallest absolute Gasteiger partial charge is 0.337 e. The molecule has 2 aromatic heterocycles. The zero-order valence-electron chi connectivity index (χ0n) is 22.4. The second-order valence-electron chi connectivity index (χ2n) is 11.2. The highest BCUT2D eigenvalue weighted by molar-refractivity contribution is 5.85. The highest BCUT2D eigenvalue weighted by atomic mass is 16.5. The number of rotatable bonds is 9. The number of carboxylic acid groups (broad SMARTS) is 1. The molecule has 7 heteroatoms. The average Bonchev–Trinajstić information content (AvgIpc) is 2.78. The van der Waals surface area contributed by atoms with Gasteiger partial charge >= 0.3 is 5.97 Å². The van der Waals surface area contributed by atoms with Crippen LogP contribution in [0.15, 0.2) is 24.5 Å². The highest BCUT2D eigenvalue weighted by Gasteiger charge is 2.35. The number of anilines is 1. The first-order valence-corrected chi connectivity index (χ1v) is 12.7. The molecule has 0 amide bonds. The van der Waals surface area contributed by atoms with Crippen molar-refractivity contribution < 1.29 is 19.4 Å². The van der Waals surface area contributed by atoms with Gasteiger partial charge in [0.1, 0.15) is 5.75 Å². The maximum atomic E-state index is 12.5. The Bertz CT molecular complexity index is 1000. The van der Waals surface area contributed by atoms with E-state index in [1.165, 1.54) is 0 Å². The molecule has 0 aromatic carbocycles. The SMILES string of the molecule is CCCCOc1ccc(-c2cnc(C)c(C(OC(C)(C)C)C(=O)O)c2N2CCC(C)(C)CC2)nc1. The molecule has 0 bridgehead atoms. The lowest BCUT2D eigenvalue weighted by atomic mass is 9.82. The standard InChI is InChI=1S/C28H41N3O4/c1-8-9-16-34-20-10-11-22(30-17-20)21-18-29-19(2)23(25(26(32)33)35-27(3,4)5)24(21)31-14-12-28(6,7)13-15-31/h10-11,17-18,25H,8-9,12-16H2,1-7H3,(H,32,33). The van der Waals surface area contributed by atoms with Gasteiger partial charge in [-0.2, -0.15) is 0 Å². The lowest BCUT2D eigenvalue weighted by molar-refractivity contribution is -0.160. The Morgan fingerprint density at radius 2 is 1.86 bits per heavy atom. The number of nitrogens with zero attached hydrogens (tertiary/aromatic N) is 3. The molecule has 35 heavy (non-hydrogen) atoms. The lowest BCUT2D eigenvalue weighted by Gasteiger charge is -2.40. The molecule has 0 saturated carbocycles. The van der Waals surface area contributed by atoms with Crippen molar-refractivity contribution in [1.82, 2.24) is 9.97 Å². The van der Waals surface area contributed by atoms with E-state index >= 15 is 0 Å². The van der Waals surface area contributed by atoms with E-state index in [2.05, 4.69) is 35.6 Å². The molecular formula is C28H41N3O4. The molecule has 1 aliphatic rings. The summed E-state index contributed by atoms with van der Waals surface area (Å²) < 4.78 is 11.9. The van der Waals surface area contributed by atoms with Crippen molar-refractivity contribution in [3.8, 4) is 17.0 Å². The number of aromatic nitrogens is 2.